The highest BCUT2D eigenvalue weighted by Gasteiger charge is 2.42. The zero-order valence-corrected chi connectivity index (χ0v) is 14.7. The Kier molecular flexibility index (Phi) is 2.45. The van der Waals surface area contributed by atoms with E-state index >= 15 is 0 Å². The van der Waals surface area contributed by atoms with Crippen LogP contribution in [0, 0.1) is 0 Å². The Morgan fingerprint density at radius 3 is 2.42 bits per heavy atom. The molecule has 0 aliphatic heterocycles. The predicted octanol–water partition coefficient (Wildman–Crippen LogP) is 5.60. The molecule has 0 radical (unpaired) electrons. The normalized spacial score (nSPS) is 18.5. The van der Waals surface area contributed by atoms with Crippen LogP contribution in [-0.2, 0) is 10.8 Å². The van der Waals surface area contributed by atoms with Gasteiger partial charge in [0.15, 0.2) is 0 Å². The highest BCUT2D eigenvalue weighted by atomic mass is 15.0. The van der Waals surface area contributed by atoms with E-state index in [0.717, 1.165) is 11.2 Å². The summed E-state index contributed by atoms with van der Waals surface area (Å²) in [7, 11) is 0. The van der Waals surface area contributed by atoms with Gasteiger partial charge in [0.1, 0.15) is 5.65 Å². The number of aromatic nitrogens is 2. The molecule has 2 nitrogen and oxygen atoms in total. The van der Waals surface area contributed by atoms with Crippen molar-refractivity contribution in [2.75, 3.05) is 0 Å². The number of hydrogen-bond donors (Lipinski definition) is 0. The summed E-state index contributed by atoms with van der Waals surface area (Å²) in [6.45, 7) is 9.45. The second-order valence-corrected chi connectivity index (χ2v) is 8.54. The summed E-state index contributed by atoms with van der Waals surface area (Å²) in [6.07, 6.45) is 3.35. The number of fused-ring (bicyclic) bond motifs is 6. The minimum absolute atomic E-state index is 0.213. The fraction of sp³-hybridized carbons (Fsp3) is 0.318. The average Bonchev–Trinajstić information content (AvgIpc) is 2.98. The van der Waals surface area contributed by atoms with Crippen LogP contribution in [0.25, 0.3) is 27.5 Å². The van der Waals surface area contributed by atoms with E-state index in [1.54, 1.807) is 0 Å². The summed E-state index contributed by atoms with van der Waals surface area (Å²) in [5, 5.41) is 2.46. The molecule has 0 saturated carbocycles. The molecule has 0 unspecified atom stereocenters. The minimum atomic E-state index is 0.213. The Bertz CT molecular complexity index is 1130. The number of imidazole rings is 1. The molecule has 0 N–H and O–H groups in total. The summed E-state index contributed by atoms with van der Waals surface area (Å²) < 4.78 is 2.25. The summed E-state index contributed by atoms with van der Waals surface area (Å²) in [5.74, 6) is 0. The molecule has 2 aromatic heterocycles. The van der Waals surface area contributed by atoms with Gasteiger partial charge in [-0.1, -0.05) is 52.0 Å². The molecule has 0 fully saturated rings. The van der Waals surface area contributed by atoms with Crippen LogP contribution in [0.2, 0.25) is 0 Å². The molecular weight excluding hydrogens is 292 g/mol. The predicted molar refractivity (Wildman–Crippen MR) is 101 cm³/mol. The maximum Gasteiger partial charge on any atom is 0.145 e. The van der Waals surface area contributed by atoms with Crippen molar-refractivity contribution in [3.63, 3.8) is 0 Å². The maximum atomic E-state index is 5.00. The van der Waals surface area contributed by atoms with Crippen molar-refractivity contribution in [2.24, 2.45) is 0 Å². The van der Waals surface area contributed by atoms with E-state index in [9.17, 15) is 0 Å². The molecule has 0 bridgehead atoms. The Balaban J connectivity index is 1.94. The third kappa shape index (κ3) is 1.69. The van der Waals surface area contributed by atoms with Gasteiger partial charge in [-0.25, -0.2) is 4.98 Å². The van der Waals surface area contributed by atoms with E-state index in [1.807, 2.05) is 0 Å². The molecule has 2 heteroatoms. The first-order valence-electron chi connectivity index (χ1n) is 8.71. The largest absolute Gasteiger partial charge is 0.299 e. The average molecular weight is 314 g/mol. The number of nitrogens with zero attached hydrogens (tertiary/aromatic N) is 2. The summed E-state index contributed by atoms with van der Waals surface area (Å²) >= 11 is 0. The molecule has 0 spiro atoms. The lowest BCUT2D eigenvalue weighted by Crippen LogP contribution is -2.17. The van der Waals surface area contributed by atoms with Gasteiger partial charge in [-0.15, -0.1) is 0 Å². The summed E-state index contributed by atoms with van der Waals surface area (Å²) in [6, 6.07) is 15.4. The van der Waals surface area contributed by atoms with Gasteiger partial charge < -0.3 is 0 Å². The van der Waals surface area contributed by atoms with Crippen molar-refractivity contribution in [1.29, 1.82) is 0 Å². The van der Waals surface area contributed by atoms with Gasteiger partial charge in [0.25, 0.3) is 0 Å². The van der Waals surface area contributed by atoms with E-state index in [-0.39, 0.29) is 10.8 Å². The van der Waals surface area contributed by atoms with Crippen molar-refractivity contribution in [3.8, 4) is 0 Å². The molecule has 2 aromatic carbocycles. The first-order chi connectivity index (χ1) is 11.4. The van der Waals surface area contributed by atoms with Gasteiger partial charge in [-0.2, -0.15) is 0 Å². The zero-order valence-electron chi connectivity index (χ0n) is 14.7. The van der Waals surface area contributed by atoms with Crippen LogP contribution in [0.4, 0.5) is 0 Å². The second-order valence-electron chi connectivity index (χ2n) is 8.54. The Morgan fingerprint density at radius 2 is 1.62 bits per heavy atom. The number of hydrogen-bond acceptors (Lipinski definition) is 1. The van der Waals surface area contributed by atoms with Crippen LogP contribution in [0.15, 0.2) is 48.7 Å². The Morgan fingerprint density at radius 1 is 0.917 bits per heavy atom. The lowest BCUT2D eigenvalue weighted by molar-refractivity contribution is 0.403. The molecule has 0 saturated heterocycles. The van der Waals surface area contributed by atoms with Crippen molar-refractivity contribution >= 4 is 27.5 Å². The fourth-order valence-electron chi connectivity index (χ4n) is 4.90. The molecule has 24 heavy (non-hydrogen) atoms. The molecular formula is C22H22N2. The van der Waals surface area contributed by atoms with Gasteiger partial charge in [0, 0.05) is 11.6 Å². The first-order valence-corrected chi connectivity index (χ1v) is 8.71. The van der Waals surface area contributed by atoms with Crippen LogP contribution in [-0.4, -0.2) is 9.38 Å². The fourth-order valence-corrected chi connectivity index (χ4v) is 4.90. The monoisotopic (exact) mass is 314 g/mol. The van der Waals surface area contributed by atoms with E-state index in [1.165, 1.54) is 33.8 Å². The quantitative estimate of drug-likeness (QED) is 0.413. The van der Waals surface area contributed by atoms with Gasteiger partial charge in [0.2, 0.25) is 0 Å². The van der Waals surface area contributed by atoms with E-state index in [2.05, 4.69) is 80.8 Å². The topological polar surface area (TPSA) is 17.3 Å². The van der Waals surface area contributed by atoms with E-state index in [0.29, 0.717) is 0 Å². The first kappa shape index (κ1) is 14.0. The van der Waals surface area contributed by atoms with Gasteiger partial charge in [0.05, 0.1) is 11.0 Å². The number of benzene rings is 2. The second kappa shape index (κ2) is 4.18. The smallest absolute Gasteiger partial charge is 0.145 e. The molecule has 1 aliphatic carbocycles. The van der Waals surface area contributed by atoms with Crippen LogP contribution >= 0.6 is 0 Å². The highest BCUT2D eigenvalue weighted by Crippen LogP contribution is 2.50. The minimum Gasteiger partial charge on any atom is -0.299 e. The summed E-state index contributed by atoms with van der Waals surface area (Å²) in [5.41, 5.74) is 6.76. The van der Waals surface area contributed by atoms with Crippen molar-refractivity contribution in [2.45, 2.75) is 44.9 Å². The lowest BCUT2D eigenvalue weighted by atomic mass is 9.82. The maximum absolute atomic E-state index is 5.00. The van der Waals surface area contributed by atoms with Crippen LogP contribution in [0.3, 0.4) is 0 Å². The number of rotatable bonds is 0. The Hall–Kier alpha value is -2.35. The van der Waals surface area contributed by atoms with E-state index in [4.69, 9.17) is 4.98 Å². The molecule has 2 heterocycles. The zero-order chi connectivity index (χ0) is 16.7. The molecule has 5 rings (SSSR count). The van der Waals surface area contributed by atoms with Crippen molar-refractivity contribution in [1.82, 2.24) is 9.38 Å². The molecule has 4 aromatic rings. The van der Waals surface area contributed by atoms with Crippen molar-refractivity contribution < 1.29 is 0 Å². The standard InChI is InChI=1S/C22H22N2/c1-21(2)13-22(3,4)17-12-19-18(11-16(17)21)23-20-15-8-6-5-7-14(15)9-10-24(19)20/h5-12H,13H2,1-4H3. The van der Waals surface area contributed by atoms with E-state index < -0.39 is 0 Å². The lowest BCUT2D eigenvalue weighted by Gasteiger charge is -2.22. The molecule has 0 amide bonds. The third-order valence-corrected chi connectivity index (χ3v) is 5.78. The molecule has 1 aliphatic rings. The SMILES string of the molecule is CC1(C)CC(C)(C)c2cc3c(cc21)nc1c2ccccc2ccn31. The molecule has 120 valence electrons. The van der Waals surface area contributed by atoms with Gasteiger partial charge in [-0.05, 0) is 52.0 Å². The van der Waals surface area contributed by atoms with Gasteiger partial charge in [-0.3, -0.25) is 4.40 Å². The highest BCUT2D eigenvalue weighted by molar-refractivity contribution is 5.98. The van der Waals surface area contributed by atoms with Crippen LogP contribution in [0.5, 0.6) is 0 Å². The number of pyridine rings is 1. The summed E-state index contributed by atoms with van der Waals surface area (Å²) in [4.78, 5) is 5.00. The van der Waals surface area contributed by atoms with Gasteiger partial charge >= 0.3 is 0 Å². The van der Waals surface area contributed by atoms with Crippen LogP contribution in [0.1, 0.15) is 45.2 Å². The Labute approximate surface area is 142 Å². The van der Waals surface area contributed by atoms with Crippen molar-refractivity contribution in [3.05, 3.63) is 59.8 Å². The third-order valence-electron chi connectivity index (χ3n) is 5.78. The molecule has 0 atom stereocenters. The van der Waals surface area contributed by atoms with Crippen LogP contribution < -0.4 is 0 Å².